The molecule has 1 atom stereocenters. The standard InChI is InChI=1S/C17H14ClNO2/c18-17-12-7-3-1-5-10(12)16(14(19)9-15(20)21)11-6-2-4-8-13(11)17/h1-8,14H,9,19H2,(H,20,21)/t14-/m0/s1. The Morgan fingerprint density at radius 1 is 1.00 bits per heavy atom. The van der Waals surface area contributed by atoms with Crippen molar-refractivity contribution < 1.29 is 9.90 Å². The summed E-state index contributed by atoms with van der Waals surface area (Å²) in [6.45, 7) is 0. The second-order valence-corrected chi connectivity index (χ2v) is 5.40. The van der Waals surface area contributed by atoms with Crippen LogP contribution in [0, 0.1) is 0 Å². The van der Waals surface area contributed by atoms with Crippen LogP contribution in [-0.4, -0.2) is 11.1 Å². The Hall–Kier alpha value is -2.10. The molecule has 0 aliphatic carbocycles. The fourth-order valence-corrected chi connectivity index (χ4v) is 3.13. The predicted molar refractivity (Wildman–Crippen MR) is 85.6 cm³/mol. The summed E-state index contributed by atoms with van der Waals surface area (Å²) in [4.78, 5) is 11.0. The third kappa shape index (κ3) is 2.35. The van der Waals surface area contributed by atoms with Crippen molar-refractivity contribution in [3.63, 3.8) is 0 Å². The van der Waals surface area contributed by atoms with Crippen LogP contribution in [0.25, 0.3) is 21.5 Å². The summed E-state index contributed by atoms with van der Waals surface area (Å²) in [5.74, 6) is -0.911. The van der Waals surface area contributed by atoms with E-state index >= 15 is 0 Å². The van der Waals surface area contributed by atoms with Crippen molar-refractivity contribution >= 4 is 39.1 Å². The number of halogens is 1. The molecule has 0 saturated carbocycles. The fourth-order valence-electron chi connectivity index (χ4n) is 2.80. The molecule has 106 valence electrons. The summed E-state index contributed by atoms with van der Waals surface area (Å²) in [7, 11) is 0. The zero-order valence-electron chi connectivity index (χ0n) is 11.2. The number of carboxylic acid groups (broad SMARTS) is 1. The highest BCUT2D eigenvalue weighted by molar-refractivity contribution is 6.41. The van der Waals surface area contributed by atoms with Gasteiger partial charge in [0.25, 0.3) is 0 Å². The molecule has 0 amide bonds. The minimum atomic E-state index is -0.911. The maximum Gasteiger partial charge on any atom is 0.305 e. The Balaban J connectivity index is 2.42. The lowest BCUT2D eigenvalue weighted by atomic mass is 9.91. The topological polar surface area (TPSA) is 63.3 Å². The lowest BCUT2D eigenvalue weighted by molar-refractivity contribution is -0.137. The van der Waals surface area contributed by atoms with Gasteiger partial charge in [-0.05, 0) is 16.3 Å². The molecule has 0 aliphatic heterocycles. The van der Waals surface area contributed by atoms with E-state index in [0.717, 1.165) is 27.1 Å². The predicted octanol–water partition coefficient (Wildman–Crippen LogP) is 4.12. The van der Waals surface area contributed by atoms with Gasteiger partial charge in [0.05, 0.1) is 11.4 Å². The molecule has 0 aromatic heterocycles. The lowest BCUT2D eigenvalue weighted by Crippen LogP contribution is -2.16. The zero-order valence-corrected chi connectivity index (χ0v) is 12.0. The zero-order chi connectivity index (χ0) is 15.0. The van der Waals surface area contributed by atoms with Crippen molar-refractivity contribution in [2.24, 2.45) is 5.73 Å². The van der Waals surface area contributed by atoms with Gasteiger partial charge in [0.15, 0.2) is 0 Å². The van der Waals surface area contributed by atoms with E-state index in [1.807, 2.05) is 48.5 Å². The summed E-state index contributed by atoms with van der Waals surface area (Å²) < 4.78 is 0. The average molecular weight is 300 g/mol. The van der Waals surface area contributed by atoms with Crippen molar-refractivity contribution in [3.05, 3.63) is 59.1 Å². The Morgan fingerprint density at radius 3 is 1.86 bits per heavy atom. The number of aliphatic carboxylic acids is 1. The first-order valence-electron chi connectivity index (χ1n) is 6.66. The number of carbonyl (C=O) groups is 1. The van der Waals surface area contributed by atoms with E-state index in [-0.39, 0.29) is 6.42 Å². The molecule has 0 saturated heterocycles. The smallest absolute Gasteiger partial charge is 0.305 e. The van der Waals surface area contributed by atoms with Gasteiger partial charge in [-0.15, -0.1) is 0 Å². The van der Waals surface area contributed by atoms with Crippen LogP contribution >= 0.6 is 11.6 Å². The van der Waals surface area contributed by atoms with Crippen molar-refractivity contribution in [1.82, 2.24) is 0 Å². The molecule has 0 spiro atoms. The van der Waals surface area contributed by atoms with E-state index in [1.54, 1.807) is 0 Å². The minimum Gasteiger partial charge on any atom is -0.481 e. The van der Waals surface area contributed by atoms with Crippen LogP contribution < -0.4 is 5.73 Å². The summed E-state index contributed by atoms with van der Waals surface area (Å²) in [5, 5.41) is 13.3. The third-order valence-corrected chi connectivity index (χ3v) is 4.08. The van der Waals surface area contributed by atoms with Crippen LogP contribution in [0.2, 0.25) is 5.02 Å². The second kappa shape index (κ2) is 5.35. The quantitative estimate of drug-likeness (QED) is 0.715. The number of hydrogen-bond donors (Lipinski definition) is 2. The van der Waals surface area contributed by atoms with E-state index in [1.165, 1.54) is 0 Å². The summed E-state index contributed by atoms with van der Waals surface area (Å²) in [5.41, 5.74) is 7.00. The molecule has 3 aromatic carbocycles. The number of hydrogen-bond acceptors (Lipinski definition) is 2. The van der Waals surface area contributed by atoms with Crippen LogP contribution in [0.1, 0.15) is 18.0 Å². The molecule has 3 rings (SSSR count). The van der Waals surface area contributed by atoms with Crippen LogP contribution in [0.15, 0.2) is 48.5 Å². The Kier molecular flexibility index (Phi) is 3.53. The Morgan fingerprint density at radius 2 is 1.43 bits per heavy atom. The van der Waals surface area contributed by atoms with Crippen LogP contribution in [0.3, 0.4) is 0 Å². The van der Waals surface area contributed by atoms with E-state index in [2.05, 4.69) is 0 Å². The third-order valence-electron chi connectivity index (χ3n) is 3.67. The summed E-state index contributed by atoms with van der Waals surface area (Å²) >= 11 is 6.50. The van der Waals surface area contributed by atoms with Crippen LogP contribution in [0.4, 0.5) is 0 Å². The maximum atomic E-state index is 11.0. The molecule has 3 aromatic rings. The van der Waals surface area contributed by atoms with E-state index in [0.29, 0.717) is 5.02 Å². The van der Waals surface area contributed by atoms with Gasteiger partial charge in [-0.1, -0.05) is 60.1 Å². The molecule has 0 radical (unpaired) electrons. The van der Waals surface area contributed by atoms with Gasteiger partial charge < -0.3 is 10.8 Å². The monoisotopic (exact) mass is 299 g/mol. The Labute approximate surface area is 126 Å². The summed E-state index contributed by atoms with van der Waals surface area (Å²) in [6.07, 6.45) is -0.115. The highest BCUT2D eigenvalue weighted by Crippen LogP contribution is 2.38. The van der Waals surface area contributed by atoms with Crippen LogP contribution in [0.5, 0.6) is 0 Å². The largest absolute Gasteiger partial charge is 0.481 e. The summed E-state index contributed by atoms with van der Waals surface area (Å²) in [6, 6.07) is 14.8. The van der Waals surface area contributed by atoms with Crippen molar-refractivity contribution in [1.29, 1.82) is 0 Å². The van der Waals surface area contributed by atoms with Crippen molar-refractivity contribution in [2.75, 3.05) is 0 Å². The molecular weight excluding hydrogens is 286 g/mol. The molecule has 21 heavy (non-hydrogen) atoms. The van der Waals surface area contributed by atoms with Gasteiger partial charge in [0, 0.05) is 16.8 Å². The maximum absolute atomic E-state index is 11.0. The first-order chi connectivity index (χ1) is 10.1. The van der Waals surface area contributed by atoms with Crippen LogP contribution in [-0.2, 0) is 4.79 Å². The van der Waals surface area contributed by atoms with Crippen molar-refractivity contribution in [3.8, 4) is 0 Å². The van der Waals surface area contributed by atoms with E-state index in [9.17, 15) is 4.79 Å². The van der Waals surface area contributed by atoms with Gasteiger partial charge in [-0.3, -0.25) is 4.79 Å². The Bertz CT molecular complexity index is 788. The number of nitrogens with two attached hydrogens (primary N) is 1. The highest BCUT2D eigenvalue weighted by atomic mass is 35.5. The van der Waals surface area contributed by atoms with Gasteiger partial charge in [-0.2, -0.15) is 0 Å². The first-order valence-corrected chi connectivity index (χ1v) is 7.03. The molecule has 0 fully saturated rings. The van der Waals surface area contributed by atoms with E-state index < -0.39 is 12.0 Å². The molecular formula is C17H14ClNO2. The first kappa shape index (κ1) is 13.9. The fraction of sp³-hybridized carbons (Fsp3) is 0.118. The number of fused-ring (bicyclic) bond motifs is 2. The molecule has 3 nitrogen and oxygen atoms in total. The molecule has 0 bridgehead atoms. The highest BCUT2D eigenvalue weighted by Gasteiger charge is 2.19. The van der Waals surface area contributed by atoms with Gasteiger partial charge in [0.1, 0.15) is 0 Å². The van der Waals surface area contributed by atoms with Crippen molar-refractivity contribution in [2.45, 2.75) is 12.5 Å². The van der Waals surface area contributed by atoms with E-state index in [4.69, 9.17) is 22.4 Å². The molecule has 4 heteroatoms. The lowest BCUT2D eigenvalue weighted by Gasteiger charge is -2.18. The average Bonchev–Trinajstić information content (AvgIpc) is 2.47. The minimum absolute atomic E-state index is 0.115. The number of benzene rings is 3. The van der Waals surface area contributed by atoms with Gasteiger partial charge in [0.2, 0.25) is 0 Å². The van der Waals surface area contributed by atoms with Gasteiger partial charge in [-0.25, -0.2) is 0 Å². The molecule has 0 aliphatic rings. The molecule has 0 unspecified atom stereocenters. The number of carboxylic acids is 1. The molecule has 0 heterocycles. The van der Waals surface area contributed by atoms with Gasteiger partial charge >= 0.3 is 5.97 Å². The number of rotatable bonds is 3. The molecule has 3 N–H and O–H groups in total. The normalized spacial score (nSPS) is 12.7. The second-order valence-electron chi connectivity index (χ2n) is 5.02. The SMILES string of the molecule is N[C@@H](CC(=O)O)c1c2ccccc2c(Cl)c2ccccc12.